The molecule has 0 aliphatic carbocycles. The standard InChI is InChI=1S/C23H28N4O2S2/c1-23(2,3)18-8-6-17(7-9-18)21-24-25-22(29-21)31-16-20(28)27-12-10-26(11-13-27)15-19-5-4-14-30-19/h4-9,14H,10-13,15-16H2,1-3H3. The number of rotatable bonds is 6. The Morgan fingerprint density at radius 2 is 1.84 bits per heavy atom. The maximum atomic E-state index is 12.6. The van der Waals surface area contributed by atoms with Crippen LogP contribution in [-0.4, -0.2) is 57.8 Å². The highest BCUT2D eigenvalue weighted by Crippen LogP contribution is 2.27. The molecule has 0 unspecified atom stereocenters. The highest BCUT2D eigenvalue weighted by molar-refractivity contribution is 7.99. The number of piperazine rings is 1. The molecule has 1 aliphatic heterocycles. The molecule has 1 aromatic carbocycles. The second kappa shape index (κ2) is 9.54. The van der Waals surface area contributed by atoms with Crippen molar-refractivity contribution >= 4 is 29.0 Å². The molecule has 6 nitrogen and oxygen atoms in total. The van der Waals surface area contributed by atoms with E-state index < -0.39 is 0 Å². The van der Waals surface area contributed by atoms with Crippen LogP contribution < -0.4 is 0 Å². The first-order valence-electron chi connectivity index (χ1n) is 10.5. The predicted molar refractivity (Wildman–Crippen MR) is 125 cm³/mol. The molecule has 0 N–H and O–H groups in total. The van der Waals surface area contributed by atoms with Gasteiger partial charge in [-0.1, -0.05) is 50.7 Å². The number of hydrogen-bond acceptors (Lipinski definition) is 7. The summed E-state index contributed by atoms with van der Waals surface area (Å²) in [6.45, 7) is 10.9. The Labute approximate surface area is 191 Å². The van der Waals surface area contributed by atoms with Crippen LogP contribution in [0.2, 0.25) is 0 Å². The van der Waals surface area contributed by atoms with Crippen LogP contribution in [0.25, 0.3) is 11.5 Å². The van der Waals surface area contributed by atoms with Gasteiger partial charge in [-0.3, -0.25) is 9.69 Å². The van der Waals surface area contributed by atoms with E-state index in [0.717, 1.165) is 38.3 Å². The second-order valence-electron chi connectivity index (χ2n) is 8.73. The summed E-state index contributed by atoms with van der Waals surface area (Å²) in [6, 6.07) is 12.4. The van der Waals surface area contributed by atoms with Crippen molar-refractivity contribution < 1.29 is 9.21 Å². The van der Waals surface area contributed by atoms with E-state index in [-0.39, 0.29) is 11.3 Å². The Morgan fingerprint density at radius 3 is 2.48 bits per heavy atom. The Morgan fingerprint density at radius 1 is 1.10 bits per heavy atom. The molecule has 2 aromatic heterocycles. The normalized spacial score (nSPS) is 15.4. The first-order chi connectivity index (χ1) is 14.9. The van der Waals surface area contributed by atoms with Gasteiger partial charge in [0.05, 0.1) is 5.75 Å². The third kappa shape index (κ3) is 5.75. The topological polar surface area (TPSA) is 62.5 Å². The van der Waals surface area contributed by atoms with E-state index in [0.29, 0.717) is 16.9 Å². The summed E-state index contributed by atoms with van der Waals surface area (Å²) < 4.78 is 5.77. The lowest BCUT2D eigenvalue weighted by atomic mass is 9.87. The van der Waals surface area contributed by atoms with Crippen LogP contribution in [-0.2, 0) is 16.8 Å². The third-order valence-electron chi connectivity index (χ3n) is 5.41. The molecule has 0 radical (unpaired) electrons. The van der Waals surface area contributed by atoms with Crippen LogP contribution in [0.5, 0.6) is 0 Å². The highest BCUT2D eigenvalue weighted by Gasteiger charge is 2.22. The Hall–Kier alpha value is -2.16. The maximum Gasteiger partial charge on any atom is 0.277 e. The van der Waals surface area contributed by atoms with Crippen LogP contribution in [0.3, 0.4) is 0 Å². The zero-order valence-corrected chi connectivity index (χ0v) is 19.8. The zero-order valence-electron chi connectivity index (χ0n) is 18.2. The van der Waals surface area contributed by atoms with Crippen LogP contribution in [0.1, 0.15) is 31.2 Å². The summed E-state index contributed by atoms with van der Waals surface area (Å²) in [7, 11) is 0. The van der Waals surface area contributed by atoms with Gasteiger partial charge in [0, 0.05) is 43.2 Å². The quantitative estimate of drug-likeness (QED) is 0.508. The molecule has 4 rings (SSSR count). The van der Waals surface area contributed by atoms with Crippen molar-refractivity contribution in [2.45, 2.75) is 38.0 Å². The third-order valence-corrected chi connectivity index (χ3v) is 7.07. The van der Waals surface area contributed by atoms with Gasteiger partial charge in [0.2, 0.25) is 11.8 Å². The van der Waals surface area contributed by atoms with Crippen molar-refractivity contribution in [3.05, 3.63) is 52.2 Å². The minimum Gasteiger partial charge on any atom is -0.411 e. The molecule has 1 aliphatic rings. The lowest BCUT2D eigenvalue weighted by molar-refractivity contribution is -0.130. The van der Waals surface area contributed by atoms with Crippen molar-refractivity contribution in [3.8, 4) is 11.5 Å². The molecule has 3 heterocycles. The fraction of sp³-hybridized carbons (Fsp3) is 0.435. The number of carbonyl (C=O) groups is 1. The van der Waals surface area contributed by atoms with Gasteiger partial charge in [-0.05, 0) is 34.6 Å². The van der Waals surface area contributed by atoms with Gasteiger partial charge in [0.1, 0.15) is 0 Å². The number of thiophene rings is 1. The molecule has 8 heteroatoms. The predicted octanol–water partition coefficient (Wildman–Crippen LogP) is 4.53. The van der Waals surface area contributed by atoms with Crippen molar-refractivity contribution in [1.29, 1.82) is 0 Å². The van der Waals surface area contributed by atoms with Crippen molar-refractivity contribution in [3.63, 3.8) is 0 Å². The van der Waals surface area contributed by atoms with E-state index >= 15 is 0 Å². The number of nitrogens with zero attached hydrogens (tertiary/aromatic N) is 4. The monoisotopic (exact) mass is 456 g/mol. The largest absolute Gasteiger partial charge is 0.411 e. The summed E-state index contributed by atoms with van der Waals surface area (Å²) in [5, 5.41) is 10.8. The zero-order chi connectivity index (χ0) is 21.8. The number of benzene rings is 1. The molecule has 0 atom stereocenters. The van der Waals surface area contributed by atoms with E-state index in [4.69, 9.17) is 4.42 Å². The van der Waals surface area contributed by atoms with Crippen LogP contribution in [0, 0.1) is 0 Å². The van der Waals surface area contributed by atoms with E-state index in [1.54, 1.807) is 11.3 Å². The fourth-order valence-corrected chi connectivity index (χ4v) is 4.90. The minimum absolute atomic E-state index is 0.101. The van der Waals surface area contributed by atoms with Gasteiger partial charge in [0.15, 0.2) is 0 Å². The van der Waals surface area contributed by atoms with Gasteiger partial charge < -0.3 is 9.32 Å². The summed E-state index contributed by atoms with van der Waals surface area (Å²) in [4.78, 5) is 18.3. The number of aromatic nitrogens is 2. The highest BCUT2D eigenvalue weighted by atomic mass is 32.2. The molecule has 0 bridgehead atoms. The summed E-state index contributed by atoms with van der Waals surface area (Å²) in [5.74, 6) is 0.919. The van der Waals surface area contributed by atoms with E-state index in [1.165, 1.54) is 22.2 Å². The molecule has 164 valence electrons. The van der Waals surface area contributed by atoms with Gasteiger partial charge in [-0.25, -0.2) is 0 Å². The Bertz CT molecular complexity index is 986. The molecule has 1 amide bonds. The van der Waals surface area contributed by atoms with Gasteiger partial charge >= 0.3 is 0 Å². The minimum atomic E-state index is 0.101. The van der Waals surface area contributed by atoms with E-state index in [2.05, 4.69) is 65.5 Å². The number of carbonyl (C=O) groups excluding carboxylic acids is 1. The Kier molecular flexibility index (Phi) is 6.79. The van der Waals surface area contributed by atoms with Gasteiger partial charge in [0.25, 0.3) is 5.22 Å². The van der Waals surface area contributed by atoms with Crippen LogP contribution >= 0.6 is 23.1 Å². The van der Waals surface area contributed by atoms with Crippen LogP contribution in [0.15, 0.2) is 51.4 Å². The average molecular weight is 457 g/mol. The van der Waals surface area contributed by atoms with Crippen molar-refractivity contribution in [2.24, 2.45) is 0 Å². The van der Waals surface area contributed by atoms with Gasteiger partial charge in [-0.2, -0.15) is 0 Å². The summed E-state index contributed by atoms with van der Waals surface area (Å²) >= 11 is 3.09. The second-order valence-corrected chi connectivity index (χ2v) is 10.7. The van der Waals surface area contributed by atoms with Crippen molar-refractivity contribution in [2.75, 3.05) is 31.9 Å². The van der Waals surface area contributed by atoms with Crippen LogP contribution in [0.4, 0.5) is 0 Å². The Balaban J connectivity index is 1.25. The van der Waals surface area contributed by atoms with Crippen molar-refractivity contribution in [1.82, 2.24) is 20.0 Å². The number of amides is 1. The number of thioether (sulfide) groups is 1. The molecule has 3 aromatic rings. The van der Waals surface area contributed by atoms with E-state index in [9.17, 15) is 4.79 Å². The number of hydrogen-bond donors (Lipinski definition) is 0. The first-order valence-corrected chi connectivity index (χ1v) is 12.3. The molecule has 0 spiro atoms. The van der Waals surface area contributed by atoms with E-state index in [1.807, 2.05) is 17.0 Å². The smallest absolute Gasteiger partial charge is 0.277 e. The van der Waals surface area contributed by atoms with Gasteiger partial charge in [-0.15, -0.1) is 21.5 Å². The lowest BCUT2D eigenvalue weighted by Crippen LogP contribution is -2.48. The molecular weight excluding hydrogens is 428 g/mol. The summed E-state index contributed by atoms with van der Waals surface area (Å²) in [6.07, 6.45) is 0. The SMILES string of the molecule is CC(C)(C)c1ccc(-c2nnc(SCC(=O)N3CCN(Cc4cccs4)CC3)o2)cc1. The summed E-state index contributed by atoms with van der Waals surface area (Å²) in [5.41, 5.74) is 2.25. The maximum absolute atomic E-state index is 12.6. The lowest BCUT2D eigenvalue weighted by Gasteiger charge is -2.34. The molecular formula is C23H28N4O2S2. The average Bonchev–Trinajstić information content (AvgIpc) is 3.44. The first kappa shape index (κ1) is 22.0. The molecule has 1 saturated heterocycles. The molecule has 1 fully saturated rings. The molecule has 0 saturated carbocycles. The fourth-order valence-electron chi connectivity index (χ4n) is 3.49. The molecule has 31 heavy (non-hydrogen) atoms.